The fraction of sp³-hybridized carbons (Fsp3) is 0.526. The zero-order valence-corrected chi connectivity index (χ0v) is 13.6. The first-order chi connectivity index (χ1) is 10.3. The van der Waals surface area contributed by atoms with Crippen LogP contribution < -0.4 is 0 Å². The Labute approximate surface area is 132 Å². The minimum absolute atomic E-state index is 0.0708. The van der Waals surface area contributed by atoms with Crippen LogP contribution in [0.2, 0.25) is 0 Å². The van der Waals surface area contributed by atoms with Gasteiger partial charge in [0.2, 0.25) is 5.79 Å². The highest BCUT2D eigenvalue weighted by atomic mass is 16.6. The van der Waals surface area contributed by atoms with Gasteiger partial charge < -0.3 is 9.84 Å². The van der Waals surface area contributed by atoms with Gasteiger partial charge in [-0.25, -0.2) is 0 Å². The van der Waals surface area contributed by atoms with Crippen molar-refractivity contribution in [3.8, 4) is 0 Å². The molecule has 1 unspecified atom stereocenters. The third-order valence-electron chi connectivity index (χ3n) is 4.82. The molecular weight excluding hydrogens is 276 g/mol. The van der Waals surface area contributed by atoms with E-state index in [2.05, 4.69) is 13.8 Å². The number of carbonyl (C=O) groups excluding carboxylic acids is 1. The van der Waals surface area contributed by atoms with Crippen LogP contribution in [0.25, 0.3) is 0 Å². The second-order valence-corrected chi connectivity index (χ2v) is 7.35. The number of benzene rings is 1. The lowest BCUT2D eigenvalue weighted by Crippen LogP contribution is -2.42. The summed E-state index contributed by atoms with van der Waals surface area (Å²) in [6, 6.07) is 9.99. The Morgan fingerprint density at radius 3 is 2.55 bits per heavy atom. The van der Waals surface area contributed by atoms with Gasteiger partial charge in [0, 0.05) is 37.2 Å². The number of carbonyl (C=O) groups is 1. The maximum absolute atomic E-state index is 12.7. The number of ether oxygens (including phenoxy) is 1. The standard InChI is InChI=1S/C19H24O3/c1-4-19(21)10-14(13-8-6-5-7-9-13)17-15(20)11-18(2,3)12-16(17)22-19/h5-9,14,21H,4,10-12H2,1-3H3/t14-,19?/m1/s1. The van der Waals surface area contributed by atoms with Crippen molar-refractivity contribution in [2.45, 2.75) is 58.2 Å². The lowest BCUT2D eigenvalue weighted by molar-refractivity contribution is -0.199. The van der Waals surface area contributed by atoms with E-state index in [4.69, 9.17) is 4.74 Å². The third-order valence-corrected chi connectivity index (χ3v) is 4.82. The molecule has 1 aliphatic carbocycles. The average Bonchev–Trinajstić information content (AvgIpc) is 2.45. The van der Waals surface area contributed by atoms with Gasteiger partial charge in [-0.2, -0.15) is 0 Å². The van der Waals surface area contributed by atoms with Gasteiger partial charge in [-0.05, 0) is 11.0 Å². The molecule has 22 heavy (non-hydrogen) atoms. The first-order valence-corrected chi connectivity index (χ1v) is 8.06. The Morgan fingerprint density at radius 2 is 1.91 bits per heavy atom. The fourth-order valence-electron chi connectivity index (χ4n) is 3.64. The van der Waals surface area contributed by atoms with Gasteiger partial charge in [-0.15, -0.1) is 0 Å². The van der Waals surface area contributed by atoms with Crippen molar-refractivity contribution in [2.75, 3.05) is 0 Å². The topological polar surface area (TPSA) is 46.5 Å². The lowest BCUT2D eigenvalue weighted by atomic mass is 9.70. The predicted octanol–water partition coefficient (Wildman–Crippen LogP) is 3.93. The van der Waals surface area contributed by atoms with Crippen LogP contribution in [0.5, 0.6) is 0 Å². The zero-order chi connectivity index (χ0) is 16.0. The summed E-state index contributed by atoms with van der Waals surface area (Å²) in [7, 11) is 0. The second-order valence-electron chi connectivity index (χ2n) is 7.35. The Kier molecular flexibility index (Phi) is 3.64. The fourth-order valence-corrected chi connectivity index (χ4v) is 3.64. The Balaban J connectivity index is 2.10. The number of ketones is 1. The molecule has 0 spiro atoms. The second kappa shape index (κ2) is 5.24. The van der Waals surface area contributed by atoms with Crippen LogP contribution in [-0.4, -0.2) is 16.7 Å². The summed E-state index contributed by atoms with van der Waals surface area (Å²) < 4.78 is 5.90. The summed E-state index contributed by atoms with van der Waals surface area (Å²) in [5.74, 6) is -0.380. The van der Waals surface area contributed by atoms with Gasteiger partial charge in [0.25, 0.3) is 0 Å². The van der Waals surface area contributed by atoms with Crippen LogP contribution in [0.3, 0.4) is 0 Å². The third kappa shape index (κ3) is 2.70. The van der Waals surface area contributed by atoms with Gasteiger partial charge in [-0.1, -0.05) is 51.1 Å². The van der Waals surface area contributed by atoms with Gasteiger partial charge in [0.05, 0.1) is 0 Å². The van der Waals surface area contributed by atoms with E-state index < -0.39 is 5.79 Å². The van der Waals surface area contributed by atoms with Crippen molar-refractivity contribution in [2.24, 2.45) is 5.41 Å². The van der Waals surface area contributed by atoms with E-state index in [1.54, 1.807) is 0 Å². The molecule has 1 aromatic rings. The minimum atomic E-state index is -1.17. The zero-order valence-electron chi connectivity index (χ0n) is 13.6. The molecule has 118 valence electrons. The van der Waals surface area contributed by atoms with Gasteiger partial charge in [0.15, 0.2) is 5.78 Å². The molecule has 0 saturated heterocycles. The van der Waals surface area contributed by atoms with E-state index in [0.29, 0.717) is 31.4 Å². The molecule has 1 aliphatic heterocycles. The number of rotatable bonds is 2. The quantitative estimate of drug-likeness (QED) is 0.900. The van der Waals surface area contributed by atoms with Gasteiger partial charge in [-0.3, -0.25) is 4.79 Å². The molecular formula is C19H24O3. The molecule has 0 radical (unpaired) electrons. The molecule has 0 amide bonds. The number of hydrogen-bond acceptors (Lipinski definition) is 3. The largest absolute Gasteiger partial charge is 0.466 e. The average molecular weight is 300 g/mol. The summed E-state index contributed by atoms with van der Waals surface area (Å²) in [6.07, 6.45) is 2.21. The molecule has 2 atom stereocenters. The molecule has 3 heteroatoms. The molecule has 0 saturated carbocycles. The normalized spacial score (nSPS) is 30.7. The molecule has 0 bridgehead atoms. The number of aliphatic hydroxyl groups is 1. The van der Waals surface area contributed by atoms with Crippen LogP contribution in [0.1, 0.15) is 57.9 Å². The van der Waals surface area contributed by atoms with Crippen LogP contribution in [0.4, 0.5) is 0 Å². The summed E-state index contributed by atoms with van der Waals surface area (Å²) in [6.45, 7) is 6.08. The molecule has 1 aromatic carbocycles. The van der Waals surface area contributed by atoms with Crippen LogP contribution in [-0.2, 0) is 9.53 Å². The summed E-state index contributed by atoms with van der Waals surface area (Å²) in [5.41, 5.74) is 1.75. The maximum atomic E-state index is 12.7. The summed E-state index contributed by atoms with van der Waals surface area (Å²) in [4.78, 5) is 12.7. The van der Waals surface area contributed by atoms with Crippen molar-refractivity contribution < 1.29 is 14.6 Å². The molecule has 1 N–H and O–H groups in total. The first kappa shape index (κ1) is 15.3. The maximum Gasteiger partial charge on any atom is 0.208 e. The Bertz CT molecular complexity index is 615. The molecule has 3 nitrogen and oxygen atoms in total. The van der Waals surface area contributed by atoms with Crippen molar-refractivity contribution in [1.29, 1.82) is 0 Å². The Morgan fingerprint density at radius 1 is 1.23 bits per heavy atom. The Hall–Kier alpha value is -1.61. The highest BCUT2D eigenvalue weighted by Gasteiger charge is 2.46. The van der Waals surface area contributed by atoms with Gasteiger partial charge >= 0.3 is 0 Å². The highest BCUT2D eigenvalue weighted by molar-refractivity contribution is 5.98. The van der Waals surface area contributed by atoms with E-state index in [-0.39, 0.29) is 17.1 Å². The lowest BCUT2D eigenvalue weighted by Gasteiger charge is -2.44. The monoisotopic (exact) mass is 300 g/mol. The van der Waals surface area contributed by atoms with Crippen LogP contribution >= 0.6 is 0 Å². The number of Topliss-reactive ketones (excluding diaryl/α,β-unsaturated/α-hetero) is 1. The van der Waals surface area contributed by atoms with Crippen molar-refractivity contribution in [1.82, 2.24) is 0 Å². The molecule has 2 aliphatic rings. The molecule has 1 heterocycles. The van der Waals surface area contributed by atoms with Crippen LogP contribution in [0.15, 0.2) is 41.7 Å². The molecule has 3 rings (SSSR count). The number of allylic oxidation sites excluding steroid dienone is 2. The summed E-state index contributed by atoms with van der Waals surface area (Å²) >= 11 is 0. The smallest absolute Gasteiger partial charge is 0.208 e. The van der Waals surface area contributed by atoms with E-state index in [1.165, 1.54) is 0 Å². The van der Waals surface area contributed by atoms with Crippen molar-refractivity contribution >= 4 is 5.78 Å². The number of hydrogen-bond donors (Lipinski definition) is 1. The van der Waals surface area contributed by atoms with Crippen molar-refractivity contribution in [3.05, 3.63) is 47.2 Å². The van der Waals surface area contributed by atoms with E-state index >= 15 is 0 Å². The van der Waals surface area contributed by atoms with E-state index in [9.17, 15) is 9.90 Å². The molecule has 0 aromatic heterocycles. The van der Waals surface area contributed by atoms with E-state index in [0.717, 1.165) is 11.1 Å². The first-order valence-electron chi connectivity index (χ1n) is 8.06. The van der Waals surface area contributed by atoms with Crippen molar-refractivity contribution in [3.63, 3.8) is 0 Å². The predicted molar refractivity (Wildman–Crippen MR) is 85.2 cm³/mol. The highest BCUT2D eigenvalue weighted by Crippen LogP contribution is 2.49. The molecule has 0 fully saturated rings. The van der Waals surface area contributed by atoms with Crippen LogP contribution in [0, 0.1) is 5.41 Å². The van der Waals surface area contributed by atoms with E-state index in [1.807, 2.05) is 37.3 Å². The summed E-state index contributed by atoms with van der Waals surface area (Å²) in [5, 5.41) is 10.7. The minimum Gasteiger partial charge on any atom is -0.466 e. The van der Waals surface area contributed by atoms with Gasteiger partial charge in [0.1, 0.15) is 5.76 Å². The SMILES string of the molecule is CCC1(O)C[C@H](c2ccccc2)C2=C(CC(C)(C)CC2=O)O1.